The summed E-state index contributed by atoms with van der Waals surface area (Å²) in [5.41, 5.74) is 0. The van der Waals surface area contributed by atoms with Gasteiger partial charge in [-0.25, -0.2) is 0 Å². The van der Waals surface area contributed by atoms with E-state index >= 15 is 0 Å². The molecule has 0 bridgehead atoms. The average molecular weight is 156 g/mol. The Labute approximate surface area is 68.2 Å². The lowest BCUT2D eigenvalue weighted by Gasteiger charge is -1.98. The first-order valence-electron chi connectivity index (χ1n) is 4.06. The normalized spacial score (nSPS) is 11.9. The second kappa shape index (κ2) is 7.59. The Morgan fingerprint density at radius 2 is 2.09 bits per heavy atom. The smallest absolute Gasteiger partial charge is 0.0646 e. The van der Waals surface area contributed by atoms with Gasteiger partial charge in [0.2, 0.25) is 0 Å². The van der Waals surface area contributed by atoms with Gasteiger partial charge in [0.05, 0.1) is 6.10 Å². The van der Waals surface area contributed by atoms with Crippen LogP contribution >= 0.6 is 0 Å². The summed E-state index contributed by atoms with van der Waals surface area (Å²) in [5, 5.41) is 17.5. The minimum atomic E-state index is -0.281. The van der Waals surface area contributed by atoms with E-state index in [9.17, 15) is 0 Å². The maximum Gasteiger partial charge on any atom is 0.0646 e. The lowest BCUT2D eigenvalue weighted by atomic mass is 10.2. The van der Waals surface area contributed by atoms with E-state index in [1.54, 1.807) is 0 Å². The third-order valence-electron chi connectivity index (χ3n) is 1.39. The van der Waals surface area contributed by atoms with Crippen molar-refractivity contribution in [3.05, 3.63) is 0 Å². The lowest BCUT2D eigenvalue weighted by molar-refractivity contribution is 0.176. The molecule has 0 aliphatic heterocycles. The quantitative estimate of drug-likeness (QED) is 0.469. The number of unbranched alkanes of at least 4 members (excludes halogenated alkanes) is 1. The molecule has 0 aromatic rings. The fraction of sp³-hybridized carbons (Fsp3) is 0.778. The summed E-state index contributed by atoms with van der Waals surface area (Å²) in [6, 6.07) is 0. The Bertz CT molecular complexity index is 132. The summed E-state index contributed by atoms with van der Waals surface area (Å²) in [7, 11) is 0. The zero-order valence-electron chi connectivity index (χ0n) is 7.01. The molecule has 0 aliphatic carbocycles. The number of rotatable bonds is 4. The molecule has 2 heteroatoms. The molecule has 0 rings (SSSR count). The van der Waals surface area contributed by atoms with Crippen LogP contribution in [0.5, 0.6) is 0 Å². The number of hydrogen-bond acceptors (Lipinski definition) is 2. The molecule has 0 radical (unpaired) electrons. The van der Waals surface area contributed by atoms with Crippen molar-refractivity contribution in [1.29, 1.82) is 0 Å². The van der Waals surface area contributed by atoms with E-state index in [4.69, 9.17) is 10.2 Å². The molecule has 0 fully saturated rings. The lowest BCUT2D eigenvalue weighted by Crippen LogP contribution is -2.01. The van der Waals surface area contributed by atoms with Crippen molar-refractivity contribution in [2.24, 2.45) is 0 Å². The zero-order chi connectivity index (χ0) is 8.53. The van der Waals surface area contributed by atoms with E-state index in [-0.39, 0.29) is 12.7 Å². The predicted molar refractivity (Wildman–Crippen MR) is 45.0 cm³/mol. The monoisotopic (exact) mass is 156 g/mol. The largest absolute Gasteiger partial charge is 0.396 e. The van der Waals surface area contributed by atoms with Gasteiger partial charge in [-0.2, -0.15) is 0 Å². The minimum Gasteiger partial charge on any atom is -0.396 e. The molecule has 11 heavy (non-hydrogen) atoms. The fourth-order valence-electron chi connectivity index (χ4n) is 0.590. The van der Waals surface area contributed by atoms with Crippen LogP contribution < -0.4 is 0 Å². The molecule has 2 nitrogen and oxygen atoms in total. The van der Waals surface area contributed by atoms with Crippen LogP contribution in [-0.2, 0) is 0 Å². The Morgan fingerprint density at radius 3 is 2.64 bits per heavy atom. The van der Waals surface area contributed by atoms with Crippen molar-refractivity contribution in [2.75, 3.05) is 6.61 Å². The first-order chi connectivity index (χ1) is 5.31. The molecular formula is C9H16O2. The summed E-state index contributed by atoms with van der Waals surface area (Å²) in [6.07, 6.45) is 2.50. The third kappa shape index (κ3) is 7.38. The second-order valence-electron chi connectivity index (χ2n) is 2.45. The van der Waals surface area contributed by atoms with Crippen LogP contribution in [0.3, 0.4) is 0 Å². The highest BCUT2D eigenvalue weighted by atomic mass is 16.3. The van der Waals surface area contributed by atoms with Crippen LogP contribution in [0.2, 0.25) is 0 Å². The molecule has 0 saturated heterocycles. The van der Waals surface area contributed by atoms with E-state index in [0.717, 1.165) is 19.3 Å². The van der Waals surface area contributed by atoms with Crippen molar-refractivity contribution in [3.63, 3.8) is 0 Å². The molecule has 2 N–H and O–H groups in total. The van der Waals surface area contributed by atoms with Crippen molar-refractivity contribution in [1.82, 2.24) is 0 Å². The predicted octanol–water partition coefficient (Wildman–Crippen LogP) is 0.923. The molecule has 0 aliphatic rings. The molecule has 64 valence electrons. The summed E-state index contributed by atoms with van der Waals surface area (Å²) in [6.45, 7) is 2.13. The minimum absolute atomic E-state index is 0.199. The Balaban J connectivity index is 3.24. The van der Waals surface area contributed by atoms with Crippen LogP contribution in [0, 0.1) is 11.8 Å². The molecule has 0 aromatic carbocycles. The highest BCUT2D eigenvalue weighted by molar-refractivity contribution is 4.99. The van der Waals surface area contributed by atoms with Gasteiger partial charge in [-0.1, -0.05) is 6.92 Å². The van der Waals surface area contributed by atoms with Gasteiger partial charge >= 0.3 is 0 Å². The molecule has 0 aromatic heterocycles. The molecule has 0 spiro atoms. The van der Waals surface area contributed by atoms with E-state index < -0.39 is 0 Å². The molecular weight excluding hydrogens is 140 g/mol. The molecule has 1 atom stereocenters. The number of aliphatic hydroxyl groups is 2. The summed E-state index contributed by atoms with van der Waals surface area (Å²) in [5.74, 6) is 5.74. The average Bonchev–Trinajstić information content (AvgIpc) is 2.04. The van der Waals surface area contributed by atoms with Gasteiger partial charge < -0.3 is 10.2 Å². The Morgan fingerprint density at radius 1 is 1.36 bits per heavy atom. The number of aliphatic hydroxyl groups excluding tert-OH is 2. The van der Waals surface area contributed by atoms with Gasteiger partial charge in [-0.05, 0) is 12.8 Å². The first kappa shape index (κ1) is 10.5. The van der Waals surface area contributed by atoms with Crippen LogP contribution in [-0.4, -0.2) is 22.9 Å². The van der Waals surface area contributed by atoms with E-state index in [0.29, 0.717) is 6.42 Å². The Hall–Kier alpha value is -0.520. The van der Waals surface area contributed by atoms with Crippen LogP contribution in [0.25, 0.3) is 0 Å². The summed E-state index contributed by atoms with van der Waals surface area (Å²) in [4.78, 5) is 0. The van der Waals surface area contributed by atoms with Crippen molar-refractivity contribution in [3.8, 4) is 11.8 Å². The standard InChI is InChI=1S/C9H16O2/c1-2-9(11)7-5-3-4-6-8-10/h9-11H,2,4,6-8H2,1H3. The van der Waals surface area contributed by atoms with Gasteiger partial charge in [-0.3, -0.25) is 0 Å². The molecule has 0 saturated carbocycles. The van der Waals surface area contributed by atoms with Gasteiger partial charge in [0.25, 0.3) is 0 Å². The maximum absolute atomic E-state index is 9.06. The van der Waals surface area contributed by atoms with Crippen molar-refractivity contribution in [2.45, 2.75) is 38.7 Å². The molecule has 0 heterocycles. The van der Waals surface area contributed by atoms with E-state index in [1.165, 1.54) is 0 Å². The van der Waals surface area contributed by atoms with E-state index in [1.807, 2.05) is 6.92 Å². The van der Waals surface area contributed by atoms with Gasteiger partial charge in [0.15, 0.2) is 0 Å². The molecule has 1 unspecified atom stereocenters. The summed E-state index contributed by atoms with van der Waals surface area (Å²) >= 11 is 0. The highest BCUT2D eigenvalue weighted by Gasteiger charge is 1.94. The number of hydrogen-bond donors (Lipinski definition) is 2. The van der Waals surface area contributed by atoms with Crippen molar-refractivity contribution >= 4 is 0 Å². The van der Waals surface area contributed by atoms with Crippen molar-refractivity contribution < 1.29 is 10.2 Å². The van der Waals surface area contributed by atoms with Gasteiger partial charge in [-0.15, -0.1) is 11.8 Å². The Kier molecular flexibility index (Phi) is 7.23. The zero-order valence-corrected chi connectivity index (χ0v) is 7.01. The van der Waals surface area contributed by atoms with E-state index in [2.05, 4.69) is 11.8 Å². The first-order valence-corrected chi connectivity index (χ1v) is 4.06. The molecule has 0 amide bonds. The van der Waals surface area contributed by atoms with Crippen LogP contribution in [0.4, 0.5) is 0 Å². The van der Waals surface area contributed by atoms with Crippen LogP contribution in [0.15, 0.2) is 0 Å². The maximum atomic E-state index is 9.06. The van der Waals surface area contributed by atoms with Crippen LogP contribution in [0.1, 0.15) is 32.6 Å². The fourth-order valence-corrected chi connectivity index (χ4v) is 0.590. The highest BCUT2D eigenvalue weighted by Crippen LogP contribution is 1.94. The second-order valence-corrected chi connectivity index (χ2v) is 2.45. The van der Waals surface area contributed by atoms with Gasteiger partial charge in [0, 0.05) is 19.4 Å². The van der Waals surface area contributed by atoms with Gasteiger partial charge in [0.1, 0.15) is 0 Å². The summed E-state index contributed by atoms with van der Waals surface area (Å²) < 4.78 is 0. The topological polar surface area (TPSA) is 40.5 Å². The third-order valence-corrected chi connectivity index (χ3v) is 1.39. The SMILES string of the molecule is CCC(O)CC#CCCCO.